The molecule has 4 rings (SSSR count). The molecule has 1 N–H and O–H groups in total. The standard InChI is InChI=1S/C24H26N4OS/c1-27-14-16-28(17-15-27)22-13-12-20(18-25-22)26-24(29)23(19-8-4-2-5-9-19)30-21-10-6-3-7-11-21/h2-13,18,23H,14-17H2,1H3,(H,26,29). The van der Waals surface area contributed by atoms with E-state index in [4.69, 9.17) is 0 Å². The van der Waals surface area contributed by atoms with Crippen LogP contribution in [0.3, 0.4) is 0 Å². The van der Waals surface area contributed by atoms with Gasteiger partial charge in [-0.05, 0) is 36.9 Å². The van der Waals surface area contributed by atoms with Gasteiger partial charge < -0.3 is 15.1 Å². The number of anilines is 2. The van der Waals surface area contributed by atoms with E-state index in [1.54, 1.807) is 18.0 Å². The highest BCUT2D eigenvalue weighted by atomic mass is 32.2. The van der Waals surface area contributed by atoms with Crippen LogP contribution in [0.15, 0.2) is 83.9 Å². The van der Waals surface area contributed by atoms with E-state index in [9.17, 15) is 4.79 Å². The van der Waals surface area contributed by atoms with Gasteiger partial charge in [-0.25, -0.2) is 4.98 Å². The number of aromatic nitrogens is 1. The molecule has 0 radical (unpaired) electrons. The molecule has 2 aromatic carbocycles. The van der Waals surface area contributed by atoms with Gasteiger partial charge >= 0.3 is 0 Å². The maximum absolute atomic E-state index is 13.2. The van der Waals surface area contributed by atoms with Crippen LogP contribution in [0.1, 0.15) is 10.8 Å². The van der Waals surface area contributed by atoms with Gasteiger partial charge in [0.2, 0.25) is 5.91 Å². The fourth-order valence-electron chi connectivity index (χ4n) is 3.43. The summed E-state index contributed by atoms with van der Waals surface area (Å²) in [6.07, 6.45) is 1.75. The van der Waals surface area contributed by atoms with Crippen LogP contribution in [0.2, 0.25) is 0 Å². The van der Waals surface area contributed by atoms with E-state index in [1.807, 2.05) is 72.8 Å². The minimum absolute atomic E-state index is 0.0517. The fraction of sp³-hybridized carbons (Fsp3) is 0.250. The van der Waals surface area contributed by atoms with Crippen molar-refractivity contribution in [1.82, 2.24) is 9.88 Å². The van der Waals surface area contributed by atoms with Gasteiger partial charge in [-0.1, -0.05) is 48.5 Å². The number of hydrogen-bond donors (Lipinski definition) is 1. The number of nitrogens with zero attached hydrogens (tertiary/aromatic N) is 3. The SMILES string of the molecule is CN1CCN(c2ccc(NC(=O)C(Sc3ccccc3)c3ccccc3)cn2)CC1. The maximum atomic E-state index is 13.2. The number of amides is 1. The molecule has 1 fully saturated rings. The Balaban J connectivity index is 1.47. The Morgan fingerprint density at radius 3 is 2.23 bits per heavy atom. The molecule has 2 heterocycles. The molecular weight excluding hydrogens is 392 g/mol. The number of pyridine rings is 1. The summed E-state index contributed by atoms with van der Waals surface area (Å²) in [5.41, 5.74) is 1.69. The van der Waals surface area contributed by atoms with E-state index in [-0.39, 0.29) is 11.2 Å². The zero-order chi connectivity index (χ0) is 20.8. The zero-order valence-corrected chi connectivity index (χ0v) is 17.9. The Morgan fingerprint density at radius 2 is 1.60 bits per heavy atom. The van der Waals surface area contributed by atoms with Crippen LogP contribution in [-0.4, -0.2) is 49.0 Å². The number of hydrogen-bond acceptors (Lipinski definition) is 5. The maximum Gasteiger partial charge on any atom is 0.242 e. The fourth-order valence-corrected chi connectivity index (χ4v) is 4.47. The first-order chi connectivity index (χ1) is 14.7. The molecule has 0 saturated carbocycles. The van der Waals surface area contributed by atoms with Crippen molar-refractivity contribution in [2.45, 2.75) is 10.1 Å². The average molecular weight is 419 g/mol. The van der Waals surface area contributed by atoms with Crippen LogP contribution < -0.4 is 10.2 Å². The summed E-state index contributed by atoms with van der Waals surface area (Å²) in [4.78, 5) is 23.4. The van der Waals surface area contributed by atoms with Crippen molar-refractivity contribution >= 4 is 29.2 Å². The van der Waals surface area contributed by atoms with Crippen molar-refractivity contribution in [2.24, 2.45) is 0 Å². The first-order valence-corrected chi connectivity index (χ1v) is 11.0. The van der Waals surface area contributed by atoms with Gasteiger partial charge in [-0.3, -0.25) is 4.79 Å². The smallest absolute Gasteiger partial charge is 0.242 e. The lowest BCUT2D eigenvalue weighted by molar-refractivity contribution is -0.115. The monoisotopic (exact) mass is 418 g/mol. The number of carbonyl (C=O) groups is 1. The molecule has 1 unspecified atom stereocenters. The number of piperazine rings is 1. The molecule has 1 saturated heterocycles. The minimum Gasteiger partial charge on any atom is -0.354 e. The second kappa shape index (κ2) is 9.78. The number of likely N-dealkylation sites (N-methyl/N-ethyl adjacent to an activating group) is 1. The Kier molecular flexibility index (Phi) is 6.67. The van der Waals surface area contributed by atoms with Crippen LogP contribution in [-0.2, 0) is 4.79 Å². The molecular formula is C24H26N4OS. The number of carbonyl (C=O) groups excluding carboxylic acids is 1. The lowest BCUT2D eigenvalue weighted by atomic mass is 10.1. The van der Waals surface area contributed by atoms with Gasteiger partial charge in [-0.2, -0.15) is 0 Å². The van der Waals surface area contributed by atoms with Crippen LogP contribution >= 0.6 is 11.8 Å². The summed E-state index contributed by atoms with van der Waals surface area (Å²) in [7, 11) is 2.14. The normalized spacial score (nSPS) is 15.6. The molecule has 1 aromatic heterocycles. The predicted molar refractivity (Wildman–Crippen MR) is 124 cm³/mol. The van der Waals surface area contributed by atoms with Crippen molar-refractivity contribution in [3.63, 3.8) is 0 Å². The highest BCUT2D eigenvalue weighted by molar-refractivity contribution is 8.00. The number of nitrogens with one attached hydrogen (secondary N) is 1. The summed E-state index contributed by atoms with van der Waals surface area (Å²) in [6, 6.07) is 23.8. The summed E-state index contributed by atoms with van der Waals surface area (Å²) in [6.45, 7) is 4.02. The Hall–Kier alpha value is -2.83. The van der Waals surface area contributed by atoms with Gasteiger partial charge in [0.1, 0.15) is 11.1 Å². The molecule has 154 valence electrons. The number of thioether (sulfide) groups is 1. The molecule has 30 heavy (non-hydrogen) atoms. The van der Waals surface area contributed by atoms with E-state index in [0.717, 1.165) is 42.5 Å². The molecule has 1 amide bonds. The predicted octanol–water partition coefficient (Wildman–Crippen LogP) is 4.31. The zero-order valence-electron chi connectivity index (χ0n) is 17.1. The van der Waals surface area contributed by atoms with Crippen LogP contribution in [0.5, 0.6) is 0 Å². The van der Waals surface area contributed by atoms with E-state index < -0.39 is 0 Å². The Morgan fingerprint density at radius 1 is 0.933 bits per heavy atom. The molecule has 1 aliphatic heterocycles. The van der Waals surface area contributed by atoms with Crippen molar-refractivity contribution in [3.05, 3.63) is 84.6 Å². The second-order valence-electron chi connectivity index (χ2n) is 7.41. The second-order valence-corrected chi connectivity index (χ2v) is 8.58. The van der Waals surface area contributed by atoms with E-state index in [1.165, 1.54) is 0 Å². The van der Waals surface area contributed by atoms with Gasteiger partial charge in [-0.15, -0.1) is 11.8 Å². The van der Waals surface area contributed by atoms with Crippen molar-refractivity contribution < 1.29 is 4.79 Å². The van der Waals surface area contributed by atoms with Crippen molar-refractivity contribution in [1.29, 1.82) is 0 Å². The average Bonchev–Trinajstić information content (AvgIpc) is 2.80. The summed E-state index contributed by atoms with van der Waals surface area (Å²) < 4.78 is 0. The summed E-state index contributed by atoms with van der Waals surface area (Å²) in [5.74, 6) is 0.906. The van der Waals surface area contributed by atoms with Gasteiger partial charge in [0, 0.05) is 31.1 Å². The van der Waals surface area contributed by atoms with Crippen molar-refractivity contribution in [3.8, 4) is 0 Å². The molecule has 5 nitrogen and oxygen atoms in total. The summed E-state index contributed by atoms with van der Waals surface area (Å²) >= 11 is 1.55. The van der Waals surface area contributed by atoms with Gasteiger partial charge in [0.25, 0.3) is 0 Å². The lowest BCUT2D eigenvalue weighted by Gasteiger charge is -2.33. The largest absolute Gasteiger partial charge is 0.354 e. The first-order valence-electron chi connectivity index (χ1n) is 10.2. The molecule has 0 spiro atoms. The van der Waals surface area contributed by atoms with E-state index >= 15 is 0 Å². The minimum atomic E-state index is -0.342. The molecule has 6 heteroatoms. The molecule has 1 atom stereocenters. The van der Waals surface area contributed by atoms with Crippen LogP contribution in [0.25, 0.3) is 0 Å². The number of benzene rings is 2. The first kappa shape index (κ1) is 20.4. The number of rotatable bonds is 6. The van der Waals surface area contributed by atoms with E-state index in [2.05, 4.69) is 27.1 Å². The lowest BCUT2D eigenvalue weighted by Crippen LogP contribution is -2.44. The molecule has 0 aliphatic carbocycles. The third kappa shape index (κ3) is 5.20. The van der Waals surface area contributed by atoms with Crippen LogP contribution in [0, 0.1) is 0 Å². The topological polar surface area (TPSA) is 48.5 Å². The quantitative estimate of drug-likeness (QED) is 0.605. The highest BCUT2D eigenvalue weighted by Crippen LogP contribution is 2.36. The highest BCUT2D eigenvalue weighted by Gasteiger charge is 2.22. The molecule has 3 aromatic rings. The Labute approximate surface area is 182 Å². The third-order valence-electron chi connectivity index (χ3n) is 5.18. The Bertz CT molecular complexity index is 942. The van der Waals surface area contributed by atoms with Gasteiger partial charge in [0.15, 0.2) is 0 Å². The van der Waals surface area contributed by atoms with Crippen molar-refractivity contribution in [2.75, 3.05) is 43.4 Å². The van der Waals surface area contributed by atoms with Gasteiger partial charge in [0.05, 0.1) is 11.9 Å². The third-order valence-corrected chi connectivity index (χ3v) is 6.45. The van der Waals surface area contributed by atoms with E-state index in [0.29, 0.717) is 5.69 Å². The molecule has 0 bridgehead atoms. The summed E-state index contributed by atoms with van der Waals surface area (Å²) in [5, 5.41) is 2.71. The molecule has 1 aliphatic rings. The van der Waals surface area contributed by atoms with Crippen LogP contribution in [0.4, 0.5) is 11.5 Å².